The van der Waals surface area contributed by atoms with Gasteiger partial charge < -0.3 is 10.2 Å². The summed E-state index contributed by atoms with van der Waals surface area (Å²) in [7, 11) is 0. The van der Waals surface area contributed by atoms with E-state index in [2.05, 4.69) is 31.0 Å². The second kappa shape index (κ2) is 5.27. The zero-order chi connectivity index (χ0) is 12.4. The molecule has 2 aliphatic rings. The first kappa shape index (κ1) is 13.4. The third-order valence-corrected chi connectivity index (χ3v) is 5.08. The van der Waals surface area contributed by atoms with Crippen LogP contribution in [0.5, 0.6) is 0 Å². The predicted molar refractivity (Wildman–Crippen MR) is 74.3 cm³/mol. The molecule has 17 heavy (non-hydrogen) atoms. The van der Waals surface area contributed by atoms with Crippen LogP contribution >= 0.6 is 0 Å². The molecule has 0 amide bonds. The summed E-state index contributed by atoms with van der Waals surface area (Å²) in [6, 6.07) is 0. The van der Waals surface area contributed by atoms with Crippen LogP contribution in [0.2, 0.25) is 0 Å². The summed E-state index contributed by atoms with van der Waals surface area (Å²) in [4.78, 5) is 2.72. The minimum atomic E-state index is 0.569. The molecule has 2 heterocycles. The molecule has 0 radical (unpaired) electrons. The summed E-state index contributed by atoms with van der Waals surface area (Å²) < 4.78 is 0. The zero-order valence-electron chi connectivity index (χ0n) is 12.0. The van der Waals surface area contributed by atoms with Gasteiger partial charge in [0.05, 0.1) is 0 Å². The molecule has 2 saturated heterocycles. The van der Waals surface area contributed by atoms with Gasteiger partial charge in [0.2, 0.25) is 0 Å². The number of rotatable bonds is 3. The van der Waals surface area contributed by atoms with E-state index in [1.165, 1.54) is 64.8 Å². The monoisotopic (exact) mass is 238 g/mol. The number of likely N-dealkylation sites (tertiary alicyclic amines) is 1. The highest BCUT2D eigenvalue weighted by Crippen LogP contribution is 2.35. The maximum atomic E-state index is 3.61. The van der Waals surface area contributed by atoms with Crippen molar-refractivity contribution in [2.45, 2.75) is 52.9 Å². The number of nitrogens with zero attached hydrogens (tertiary/aromatic N) is 1. The Morgan fingerprint density at radius 2 is 1.82 bits per heavy atom. The molecule has 100 valence electrons. The van der Waals surface area contributed by atoms with Crippen LogP contribution in [-0.4, -0.2) is 37.6 Å². The van der Waals surface area contributed by atoms with Crippen LogP contribution in [0, 0.1) is 10.8 Å². The molecule has 2 rings (SSSR count). The highest BCUT2D eigenvalue weighted by atomic mass is 15.1. The van der Waals surface area contributed by atoms with Crippen molar-refractivity contribution in [3.8, 4) is 0 Å². The van der Waals surface area contributed by atoms with Gasteiger partial charge in [-0.1, -0.05) is 20.8 Å². The molecule has 0 spiro atoms. The topological polar surface area (TPSA) is 15.3 Å². The van der Waals surface area contributed by atoms with Gasteiger partial charge in [-0.25, -0.2) is 0 Å². The van der Waals surface area contributed by atoms with Gasteiger partial charge in [0.1, 0.15) is 0 Å². The number of hydrogen-bond donors (Lipinski definition) is 1. The van der Waals surface area contributed by atoms with E-state index in [0.29, 0.717) is 10.8 Å². The Hall–Kier alpha value is -0.0800. The number of nitrogens with one attached hydrogen (secondary N) is 1. The van der Waals surface area contributed by atoms with Crippen LogP contribution in [0.1, 0.15) is 52.9 Å². The largest absolute Gasteiger partial charge is 0.316 e. The first-order valence-electron chi connectivity index (χ1n) is 7.48. The molecule has 0 aliphatic carbocycles. The summed E-state index contributed by atoms with van der Waals surface area (Å²) in [6.07, 6.45) is 6.88. The molecule has 2 fully saturated rings. The lowest BCUT2D eigenvalue weighted by Crippen LogP contribution is -2.49. The van der Waals surface area contributed by atoms with E-state index in [-0.39, 0.29) is 0 Å². The molecule has 0 aromatic heterocycles. The van der Waals surface area contributed by atoms with Crippen molar-refractivity contribution >= 4 is 0 Å². The fourth-order valence-electron chi connectivity index (χ4n) is 3.37. The van der Waals surface area contributed by atoms with Crippen LogP contribution < -0.4 is 5.32 Å². The lowest BCUT2D eigenvalue weighted by molar-refractivity contribution is 0.0648. The molecule has 2 aliphatic heterocycles. The van der Waals surface area contributed by atoms with Gasteiger partial charge in [0.15, 0.2) is 0 Å². The quantitative estimate of drug-likeness (QED) is 0.813. The van der Waals surface area contributed by atoms with E-state index in [4.69, 9.17) is 0 Å². The molecular weight excluding hydrogens is 208 g/mol. The summed E-state index contributed by atoms with van der Waals surface area (Å²) in [5.41, 5.74) is 1.15. The number of hydrogen-bond acceptors (Lipinski definition) is 2. The summed E-state index contributed by atoms with van der Waals surface area (Å²) in [6.45, 7) is 13.6. The van der Waals surface area contributed by atoms with Crippen molar-refractivity contribution in [2.24, 2.45) is 10.8 Å². The highest BCUT2D eigenvalue weighted by molar-refractivity contribution is 4.89. The Bertz CT molecular complexity index is 231. The normalized spacial score (nSPS) is 34.8. The first-order valence-corrected chi connectivity index (χ1v) is 7.48. The molecule has 2 nitrogen and oxygen atoms in total. The molecule has 0 aromatic carbocycles. The Labute approximate surface area is 107 Å². The van der Waals surface area contributed by atoms with Crippen LogP contribution in [0.15, 0.2) is 0 Å². The van der Waals surface area contributed by atoms with Gasteiger partial charge in [0, 0.05) is 13.1 Å². The zero-order valence-corrected chi connectivity index (χ0v) is 12.0. The van der Waals surface area contributed by atoms with Crippen molar-refractivity contribution in [1.82, 2.24) is 10.2 Å². The summed E-state index contributed by atoms with van der Waals surface area (Å²) >= 11 is 0. The standard InChI is InChI=1S/C15H30N2/c1-4-15(6-5-9-16-12-15)13-17-10-7-14(2,3)8-11-17/h16H,4-13H2,1-3H3. The van der Waals surface area contributed by atoms with Crippen molar-refractivity contribution in [3.63, 3.8) is 0 Å². The molecule has 1 unspecified atom stereocenters. The van der Waals surface area contributed by atoms with Crippen molar-refractivity contribution in [3.05, 3.63) is 0 Å². The molecule has 2 heteroatoms. The summed E-state index contributed by atoms with van der Waals surface area (Å²) in [5.74, 6) is 0. The Morgan fingerprint density at radius 3 is 2.35 bits per heavy atom. The number of piperidine rings is 2. The van der Waals surface area contributed by atoms with E-state index in [0.717, 1.165) is 0 Å². The maximum absolute atomic E-state index is 3.61. The lowest BCUT2D eigenvalue weighted by Gasteiger charge is -2.44. The minimum Gasteiger partial charge on any atom is -0.316 e. The molecular formula is C15H30N2. The maximum Gasteiger partial charge on any atom is 0.00501 e. The van der Waals surface area contributed by atoms with E-state index in [1.54, 1.807) is 0 Å². The second-order valence-electron chi connectivity index (χ2n) is 7.07. The lowest BCUT2D eigenvalue weighted by atomic mass is 9.76. The fraction of sp³-hybridized carbons (Fsp3) is 1.00. The van der Waals surface area contributed by atoms with Crippen molar-refractivity contribution in [2.75, 3.05) is 32.7 Å². The van der Waals surface area contributed by atoms with Crippen molar-refractivity contribution in [1.29, 1.82) is 0 Å². The molecule has 0 aromatic rings. The smallest absolute Gasteiger partial charge is 0.00501 e. The van der Waals surface area contributed by atoms with Gasteiger partial charge in [-0.3, -0.25) is 0 Å². The van der Waals surface area contributed by atoms with E-state index in [1.807, 2.05) is 0 Å². The van der Waals surface area contributed by atoms with E-state index in [9.17, 15) is 0 Å². The van der Waals surface area contributed by atoms with Gasteiger partial charge >= 0.3 is 0 Å². The molecule has 1 atom stereocenters. The molecule has 1 N–H and O–H groups in total. The second-order valence-corrected chi connectivity index (χ2v) is 7.07. The van der Waals surface area contributed by atoms with Crippen LogP contribution in [0.3, 0.4) is 0 Å². The van der Waals surface area contributed by atoms with Crippen molar-refractivity contribution < 1.29 is 0 Å². The fourth-order valence-corrected chi connectivity index (χ4v) is 3.37. The third-order valence-electron chi connectivity index (χ3n) is 5.08. The minimum absolute atomic E-state index is 0.569. The molecule has 0 bridgehead atoms. The summed E-state index contributed by atoms with van der Waals surface area (Å²) in [5, 5.41) is 3.61. The van der Waals surface area contributed by atoms with Gasteiger partial charge in [-0.05, 0) is 62.6 Å². The Balaban J connectivity index is 1.87. The van der Waals surface area contributed by atoms with E-state index < -0.39 is 0 Å². The van der Waals surface area contributed by atoms with Crippen LogP contribution in [0.25, 0.3) is 0 Å². The van der Waals surface area contributed by atoms with E-state index >= 15 is 0 Å². The van der Waals surface area contributed by atoms with Gasteiger partial charge in [0.25, 0.3) is 0 Å². The van der Waals surface area contributed by atoms with Crippen LogP contribution in [0.4, 0.5) is 0 Å². The van der Waals surface area contributed by atoms with Crippen LogP contribution in [-0.2, 0) is 0 Å². The average molecular weight is 238 g/mol. The Kier molecular flexibility index (Phi) is 4.14. The van der Waals surface area contributed by atoms with Gasteiger partial charge in [-0.2, -0.15) is 0 Å². The first-order chi connectivity index (χ1) is 8.05. The third kappa shape index (κ3) is 3.45. The molecule has 0 saturated carbocycles. The SMILES string of the molecule is CCC1(CN2CCC(C)(C)CC2)CCCNC1. The Morgan fingerprint density at radius 1 is 1.12 bits per heavy atom. The highest BCUT2D eigenvalue weighted by Gasteiger charge is 2.34. The predicted octanol–water partition coefficient (Wildman–Crippen LogP) is 2.89. The van der Waals surface area contributed by atoms with Gasteiger partial charge in [-0.15, -0.1) is 0 Å². The average Bonchev–Trinajstić information content (AvgIpc) is 2.33.